The second-order valence-corrected chi connectivity index (χ2v) is 4.67. The van der Waals surface area contributed by atoms with Crippen molar-refractivity contribution in [2.24, 2.45) is 5.92 Å². The fraction of sp³-hybridized carbons (Fsp3) is 0.538. The van der Waals surface area contributed by atoms with Crippen LogP contribution < -0.4 is 5.32 Å². The predicted molar refractivity (Wildman–Crippen MR) is 68.2 cm³/mol. The first kappa shape index (κ1) is 11.9. The molecule has 1 saturated carbocycles. The highest BCUT2D eigenvalue weighted by Crippen LogP contribution is 2.27. The molecule has 17 heavy (non-hydrogen) atoms. The molecule has 0 heterocycles. The van der Waals surface area contributed by atoms with E-state index in [4.69, 9.17) is 0 Å². The molecule has 1 aromatic rings. The van der Waals surface area contributed by atoms with Crippen LogP contribution in [-0.4, -0.2) is 11.5 Å². The molecule has 2 rings (SSSR count). The fourth-order valence-corrected chi connectivity index (χ4v) is 2.45. The van der Waals surface area contributed by atoms with Gasteiger partial charge in [0.2, 0.25) is 0 Å². The van der Waals surface area contributed by atoms with E-state index in [1.54, 1.807) is 12.1 Å². The number of benzene rings is 1. The lowest BCUT2D eigenvalue weighted by molar-refractivity contribution is -0.384. The fourth-order valence-electron chi connectivity index (χ4n) is 2.45. The number of anilines is 1. The lowest BCUT2D eigenvalue weighted by atomic mass is 10.0. The highest BCUT2D eigenvalue weighted by molar-refractivity contribution is 5.50. The Hall–Kier alpha value is -1.58. The molecule has 0 radical (unpaired) electrons. The van der Waals surface area contributed by atoms with Crippen LogP contribution in [0.3, 0.4) is 0 Å². The zero-order valence-corrected chi connectivity index (χ0v) is 9.89. The summed E-state index contributed by atoms with van der Waals surface area (Å²) in [6, 6.07) is 6.70. The highest BCUT2D eigenvalue weighted by Gasteiger charge is 2.14. The Morgan fingerprint density at radius 2 is 2.12 bits per heavy atom. The normalized spacial score (nSPS) is 16.0. The summed E-state index contributed by atoms with van der Waals surface area (Å²) in [5.74, 6) is 0.848. The lowest BCUT2D eigenvalue weighted by Crippen LogP contribution is -2.06. The van der Waals surface area contributed by atoms with Crippen molar-refractivity contribution in [2.45, 2.75) is 32.1 Å². The van der Waals surface area contributed by atoms with E-state index in [1.807, 2.05) is 6.07 Å². The van der Waals surface area contributed by atoms with E-state index in [0.717, 1.165) is 18.2 Å². The summed E-state index contributed by atoms with van der Waals surface area (Å²) < 4.78 is 0. The van der Waals surface area contributed by atoms with E-state index in [0.29, 0.717) is 0 Å². The topological polar surface area (TPSA) is 55.2 Å². The Balaban J connectivity index is 1.81. The standard InChI is InChI=1S/C13H18N2O2/c16-15(17)13-7-3-6-12(10-13)14-9-8-11-4-1-2-5-11/h3,6-7,10-11,14H,1-2,4-5,8-9H2. The zero-order valence-electron chi connectivity index (χ0n) is 9.89. The summed E-state index contributed by atoms with van der Waals surface area (Å²) in [5, 5.41) is 13.9. The van der Waals surface area contributed by atoms with Gasteiger partial charge >= 0.3 is 0 Å². The van der Waals surface area contributed by atoms with Gasteiger partial charge in [-0.2, -0.15) is 0 Å². The third-order valence-electron chi connectivity index (χ3n) is 3.41. The maximum absolute atomic E-state index is 10.6. The summed E-state index contributed by atoms with van der Waals surface area (Å²) in [6.45, 7) is 0.909. The van der Waals surface area contributed by atoms with Crippen LogP contribution >= 0.6 is 0 Å². The second kappa shape index (κ2) is 5.66. The van der Waals surface area contributed by atoms with Crippen LogP contribution in [0.25, 0.3) is 0 Å². The maximum Gasteiger partial charge on any atom is 0.271 e. The molecular weight excluding hydrogens is 216 g/mol. The largest absolute Gasteiger partial charge is 0.385 e. The van der Waals surface area contributed by atoms with Gasteiger partial charge in [0.15, 0.2) is 0 Å². The lowest BCUT2D eigenvalue weighted by Gasteiger charge is -2.10. The van der Waals surface area contributed by atoms with Crippen molar-refractivity contribution in [3.8, 4) is 0 Å². The first-order valence-electron chi connectivity index (χ1n) is 6.24. The van der Waals surface area contributed by atoms with Crippen molar-refractivity contribution in [1.82, 2.24) is 0 Å². The molecule has 1 fully saturated rings. The Morgan fingerprint density at radius 1 is 1.35 bits per heavy atom. The molecule has 0 aliphatic heterocycles. The Morgan fingerprint density at radius 3 is 2.82 bits per heavy atom. The van der Waals surface area contributed by atoms with Crippen molar-refractivity contribution >= 4 is 11.4 Å². The summed E-state index contributed by atoms with van der Waals surface area (Å²) >= 11 is 0. The van der Waals surface area contributed by atoms with Gasteiger partial charge in [-0.05, 0) is 18.4 Å². The molecule has 4 heteroatoms. The molecule has 0 spiro atoms. The second-order valence-electron chi connectivity index (χ2n) is 4.67. The van der Waals surface area contributed by atoms with Crippen molar-refractivity contribution in [3.63, 3.8) is 0 Å². The minimum Gasteiger partial charge on any atom is -0.385 e. The molecule has 0 aromatic heterocycles. The average molecular weight is 234 g/mol. The van der Waals surface area contributed by atoms with Crippen molar-refractivity contribution in [2.75, 3.05) is 11.9 Å². The first-order chi connectivity index (χ1) is 8.25. The number of hydrogen-bond donors (Lipinski definition) is 1. The molecule has 4 nitrogen and oxygen atoms in total. The third kappa shape index (κ3) is 3.44. The quantitative estimate of drug-likeness (QED) is 0.625. The van der Waals surface area contributed by atoms with Gasteiger partial charge in [0.25, 0.3) is 5.69 Å². The molecule has 0 bridgehead atoms. The van der Waals surface area contributed by atoms with Gasteiger partial charge in [-0.3, -0.25) is 10.1 Å². The minimum atomic E-state index is -0.359. The first-order valence-corrected chi connectivity index (χ1v) is 6.24. The molecule has 0 unspecified atom stereocenters. The minimum absolute atomic E-state index is 0.149. The Bertz CT molecular complexity index is 387. The van der Waals surface area contributed by atoms with E-state index < -0.39 is 0 Å². The van der Waals surface area contributed by atoms with Crippen molar-refractivity contribution in [3.05, 3.63) is 34.4 Å². The van der Waals surface area contributed by atoms with Gasteiger partial charge in [-0.15, -0.1) is 0 Å². The molecule has 0 amide bonds. The third-order valence-corrected chi connectivity index (χ3v) is 3.41. The van der Waals surface area contributed by atoms with Gasteiger partial charge < -0.3 is 5.32 Å². The van der Waals surface area contributed by atoms with Gasteiger partial charge in [0.1, 0.15) is 0 Å². The van der Waals surface area contributed by atoms with Crippen LogP contribution in [0.2, 0.25) is 0 Å². The summed E-state index contributed by atoms with van der Waals surface area (Å²) in [6.07, 6.45) is 6.58. The number of nitrogens with zero attached hydrogens (tertiary/aromatic N) is 1. The number of nitrogens with one attached hydrogen (secondary N) is 1. The number of rotatable bonds is 5. The van der Waals surface area contributed by atoms with Crippen LogP contribution in [0, 0.1) is 16.0 Å². The number of hydrogen-bond acceptors (Lipinski definition) is 3. The van der Waals surface area contributed by atoms with Crippen LogP contribution in [0.5, 0.6) is 0 Å². The van der Waals surface area contributed by atoms with Gasteiger partial charge in [-0.1, -0.05) is 31.7 Å². The van der Waals surface area contributed by atoms with E-state index in [9.17, 15) is 10.1 Å². The van der Waals surface area contributed by atoms with Crippen molar-refractivity contribution in [1.29, 1.82) is 0 Å². The number of nitro benzene ring substituents is 1. The van der Waals surface area contributed by atoms with Gasteiger partial charge in [0.05, 0.1) is 4.92 Å². The summed E-state index contributed by atoms with van der Waals surface area (Å²) in [4.78, 5) is 10.3. The van der Waals surface area contributed by atoms with Crippen LogP contribution in [0.15, 0.2) is 24.3 Å². The SMILES string of the molecule is O=[N+]([O-])c1cccc(NCCC2CCCC2)c1. The number of non-ortho nitro benzene ring substituents is 1. The van der Waals surface area contributed by atoms with E-state index >= 15 is 0 Å². The van der Waals surface area contributed by atoms with Gasteiger partial charge in [-0.25, -0.2) is 0 Å². The summed E-state index contributed by atoms with van der Waals surface area (Å²) in [7, 11) is 0. The van der Waals surface area contributed by atoms with Crippen LogP contribution in [-0.2, 0) is 0 Å². The van der Waals surface area contributed by atoms with E-state index in [1.165, 1.54) is 38.2 Å². The molecule has 92 valence electrons. The van der Waals surface area contributed by atoms with E-state index in [-0.39, 0.29) is 10.6 Å². The van der Waals surface area contributed by atoms with Crippen LogP contribution in [0.1, 0.15) is 32.1 Å². The van der Waals surface area contributed by atoms with Crippen LogP contribution in [0.4, 0.5) is 11.4 Å². The molecule has 1 aromatic carbocycles. The maximum atomic E-state index is 10.6. The van der Waals surface area contributed by atoms with Gasteiger partial charge in [0, 0.05) is 24.4 Å². The molecule has 0 saturated heterocycles. The summed E-state index contributed by atoms with van der Waals surface area (Å²) in [5.41, 5.74) is 0.994. The Labute approximate surface area is 101 Å². The smallest absolute Gasteiger partial charge is 0.271 e. The molecule has 1 N–H and O–H groups in total. The monoisotopic (exact) mass is 234 g/mol. The Kier molecular flexibility index (Phi) is 3.96. The molecule has 0 atom stereocenters. The van der Waals surface area contributed by atoms with Crippen molar-refractivity contribution < 1.29 is 4.92 Å². The molecular formula is C13H18N2O2. The number of nitro groups is 1. The highest BCUT2D eigenvalue weighted by atomic mass is 16.6. The molecule has 1 aliphatic carbocycles. The zero-order chi connectivity index (χ0) is 12.1. The average Bonchev–Trinajstić information content (AvgIpc) is 2.82. The molecule has 1 aliphatic rings. The predicted octanol–water partition coefficient (Wildman–Crippen LogP) is 3.59. The van der Waals surface area contributed by atoms with E-state index in [2.05, 4.69) is 5.32 Å².